The Morgan fingerprint density at radius 2 is 2.21 bits per heavy atom. The molecule has 0 aliphatic heterocycles. The third-order valence-electron chi connectivity index (χ3n) is 2.59. The van der Waals surface area contributed by atoms with Crippen molar-refractivity contribution >= 4 is 38.5 Å². The first-order chi connectivity index (χ1) is 6.75. The van der Waals surface area contributed by atoms with Gasteiger partial charge in [0.2, 0.25) is 0 Å². The van der Waals surface area contributed by atoms with Gasteiger partial charge in [0.1, 0.15) is 5.75 Å². The van der Waals surface area contributed by atoms with Crippen molar-refractivity contribution in [3.05, 3.63) is 26.2 Å². The van der Waals surface area contributed by atoms with E-state index in [4.69, 9.17) is 4.74 Å². The highest BCUT2D eigenvalue weighted by Crippen LogP contribution is 2.30. The Balaban J connectivity index is 1.94. The van der Waals surface area contributed by atoms with Gasteiger partial charge in [-0.25, -0.2) is 0 Å². The number of rotatable bonds is 3. The normalized spacial score (nSPS) is 16.4. The van der Waals surface area contributed by atoms with Gasteiger partial charge < -0.3 is 4.74 Å². The van der Waals surface area contributed by atoms with E-state index in [-0.39, 0.29) is 0 Å². The Hall–Kier alpha value is 0.230. The van der Waals surface area contributed by atoms with Crippen LogP contribution in [0, 0.1) is 9.49 Å². The van der Waals surface area contributed by atoms with Gasteiger partial charge in [0.15, 0.2) is 0 Å². The molecule has 0 unspecified atom stereocenters. The molecule has 0 aromatic heterocycles. The minimum absolute atomic E-state index is 0.793. The molecule has 1 saturated carbocycles. The minimum atomic E-state index is 0.793. The van der Waals surface area contributed by atoms with Gasteiger partial charge in [0, 0.05) is 3.57 Å². The fourth-order valence-corrected chi connectivity index (χ4v) is 2.87. The minimum Gasteiger partial charge on any atom is -0.492 e. The summed E-state index contributed by atoms with van der Waals surface area (Å²) in [6.07, 6.45) is 4.05. The first-order valence-corrected chi connectivity index (χ1v) is 6.71. The third-order valence-corrected chi connectivity index (χ3v) is 3.88. The molecular weight excluding hydrogens is 355 g/mol. The Bertz CT molecular complexity index is 323. The number of hydrogen-bond donors (Lipinski definition) is 0. The largest absolute Gasteiger partial charge is 0.492 e. The SMILES string of the molecule is Brc1cc(I)ccc1OCC1CCC1. The van der Waals surface area contributed by atoms with Crippen molar-refractivity contribution in [2.75, 3.05) is 6.61 Å². The number of ether oxygens (including phenoxy) is 1. The molecule has 0 spiro atoms. The quantitative estimate of drug-likeness (QED) is 0.727. The van der Waals surface area contributed by atoms with Crippen LogP contribution < -0.4 is 4.74 Å². The summed E-state index contributed by atoms with van der Waals surface area (Å²) in [6, 6.07) is 6.18. The van der Waals surface area contributed by atoms with Gasteiger partial charge in [-0.05, 0) is 75.5 Å². The fraction of sp³-hybridized carbons (Fsp3) is 0.455. The van der Waals surface area contributed by atoms with Crippen LogP contribution >= 0.6 is 38.5 Å². The smallest absolute Gasteiger partial charge is 0.133 e. The maximum Gasteiger partial charge on any atom is 0.133 e. The van der Waals surface area contributed by atoms with Crippen LogP contribution in [-0.4, -0.2) is 6.61 Å². The van der Waals surface area contributed by atoms with Gasteiger partial charge in [-0.15, -0.1) is 0 Å². The van der Waals surface area contributed by atoms with Gasteiger partial charge in [-0.1, -0.05) is 6.42 Å². The zero-order valence-electron chi connectivity index (χ0n) is 7.80. The van der Waals surface area contributed by atoms with Gasteiger partial charge in [0.25, 0.3) is 0 Å². The lowest BCUT2D eigenvalue weighted by atomic mass is 9.86. The van der Waals surface area contributed by atoms with Crippen molar-refractivity contribution in [3.63, 3.8) is 0 Å². The van der Waals surface area contributed by atoms with Crippen LogP contribution in [0.3, 0.4) is 0 Å². The average molecular weight is 367 g/mol. The highest BCUT2D eigenvalue weighted by Gasteiger charge is 2.18. The molecule has 1 fully saturated rings. The molecule has 0 N–H and O–H groups in total. The molecule has 0 saturated heterocycles. The van der Waals surface area contributed by atoms with E-state index in [0.717, 1.165) is 22.7 Å². The molecule has 0 atom stereocenters. The van der Waals surface area contributed by atoms with E-state index in [1.807, 2.05) is 6.07 Å². The first kappa shape index (κ1) is 10.7. The number of benzene rings is 1. The lowest BCUT2D eigenvalue weighted by molar-refractivity contribution is 0.180. The highest BCUT2D eigenvalue weighted by atomic mass is 127. The van der Waals surface area contributed by atoms with Crippen LogP contribution in [0.5, 0.6) is 5.75 Å². The maximum atomic E-state index is 5.75. The van der Waals surface area contributed by atoms with Crippen molar-refractivity contribution in [1.82, 2.24) is 0 Å². The summed E-state index contributed by atoms with van der Waals surface area (Å²) in [5.74, 6) is 1.76. The molecule has 2 rings (SSSR count). The summed E-state index contributed by atoms with van der Waals surface area (Å²) in [6.45, 7) is 0.874. The van der Waals surface area contributed by atoms with E-state index in [1.165, 1.54) is 22.8 Å². The molecule has 0 amide bonds. The van der Waals surface area contributed by atoms with Crippen LogP contribution in [0.25, 0.3) is 0 Å². The predicted molar refractivity (Wildman–Crippen MR) is 69.7 cm³/mol. The molecule has 1 nitrogen and oxygen atoms in total. The summed E-state index contributed by atoms with van der Waals surface area (Å²) in [4.78, 5) is 0. The Labute approximate surface area is 106 Å². The van der Waals surface area contributed by atoms with Crippen LogP contribution in [0.2, 0.25) is 0 Å². The summed E-state index contributed by atoms with van der Waals surface area (Å²) in [7, 11) is 0. The maximum absolute atomic E-state index is 5.75. The van der Waals surface area contributed by atoms with Crippen LogP contribution in [-0.2, 0) is 0 Å². The van der Waals surface area contributed by atoms with E-state index >= 15 is 0 Å². The van der Waals surface area contributed by atoms with Gasteiger partial charge in [-0.2, -0.15) is 0 Å². The van der Waals surface area contributed by atoms with Crippen molar-refractivity contribution in [1.29, 1.82) is 0 Å². The molecule has 76 valence electrons. The molecule has 1 aliphatic rings. The molecule has 0 radical (unpaired) electrons. The fourth-order valence-electron chi connectivity index (χ4n) is 1.46. The second kappa shape index (κ2) is 4.84. The monoisotopic (exact) mass is 366 g/mol. The second-order valence-electron chi connectivity index (χ2n) is 3.68. The van der Waals surface area contributed by atoms with E-state index in [2.05, 4.69) is 50.7 Å². The van der Waals surface area contributed by atoms with Crippen molar-refractivity contribution in [2.24, 2.45) is 5.92 Å². The molecule has 3 heteroatoms. The lowest BCUT2D eigenvalue weighted by Crippen LogP contribution is -2.19. The molecule has 0 heterocycles. The zero-order valence-corrected chi connectivity index (χ0v) is 11.5. The molecule has 1 aromatic rings. The Morgan fingerprint density at radius 3 is 2.79 bits per heavy atom. The van der Waals surface area contributed by atoms with E-state index < -0.39 is 0 Å². The highest BCUT2D eigenvalue weighted by molar-refractivity contribution is 14.1. The van der Waals surface area contributed by atoms with Crippen molar-refractivity contribution in [2.45, 2.75) is 19.3 Å². The Kier molecular flexibility index (Phi) is 3.71. The van der Waals surface area contributed by atoms with Crippen LogP contribution in [0.4, 0.5) is 0 Å². The van der Waals surface area contributed by atoms with Crippen molar-refractivity contribution in [3.8, 4) is 5.75 Å². The molecule has 14 heavy (non-hydrogen) atoms. The zero-order chi connectivity index (χ0) is 9.97. The van der Waals surface area contributed by atoms with Crippen LogP contribution in [0.15, 0.2) is 22.7 Å². The summed E-state index contributed by atoms with van der Waals surface area (Å²) >= 11 is 5.80. The average Bonchev–Trinajstić information content (AvgIpc) is 2.05. The summed E-state index contributed by atoms with van der Waals surface area (Å²) < 4.78 is 8.03. The standard InChI is InChI=1S/C11H12BrIO/c12-10-6-9(13)4-5-11(10)14-7-8-2-1-3-8/h4-6,8H,1-3,7H2. The molecule has 1 aromatic carbocycles. The molecular formula is C11H12BrIO. The third kappa shape index (κ3) is 2.63. The second-order valence-corrected chi connectivity index (χ2v) is 5.78. The Morgan fingerprint density at radius 1 is 1.43 bits per heavy atom. The van der Waals surface area contributed by atoms with Gasteiger partial charge in [0.05, 0.1) is 11.1 Å². The topological polar surface area (TPSA) is 9.23 Å². The predicted octanol–water partition coefficient (Wildman–Crippen LogP) is 4.23. The van der Waals surface area contributed by atoms with E-state index in [1.54, 1.807) is 0 Å². The molecule has 1 aliphatic carbocycles. The molecule has 0 bridgehead atoms. The summed E-state index contributed by atoms with van der Waals surface area (Å²) in [5, 5.41) is 0. The van der Waals surface area contributed by atoms with Gasteiger partial charge >= 0.3 is 0 Å². The van der Waals surface area contributed by atoms with E-state index in [0.29, 0.717) is 0 Å². The number of hydrogen-bond acceptors (Lipinski definition) is 1. The van der Waals surface area contributed by atoms with E-state index in [9.17, 15) is 0 Å². The summed E-state index contributed by atoms with van der Waals surface area (Å²) in [5.41, 5.74) is 0. The van der Waals surface area contributed by atoms with Crippen LogP contribution in [0.1, 0.15) is 19.3 Å². The lowest BCUT2D eigenvalue weighted by Gasteiger charge is -2.25. The first-order valence-electron chi connectivity index (χ1n) is 4.83. The number of halogens is 2. The van der Waals surface area contributed by atoms with Gasteiger partial charge in [-0.3, -0.25) is 0 Å². The van der Waals surface area contributed by atoms with Crippen molar-refractivity contribution < 1.29 is 4.74 Å².